The number of nitrogens with zero attached hydrogens (tertiary/aromatic N) is 2. The van der Waals surface area contributed by atoms with Crippen LogP contribution in [0.15, 0.2) is 30.3 Å². The topological polar surface area (TPSA) is 61.0 Å². The molecular weight excluding hydrogens is 360 g/mol. The predicted molar refractivity (Wildman–Crippen MR) is 109 cm³/mol. The summed E-state index contributed by atoms with van der Waals surface area (Å²) < 4.78 is 0. The van der Waals surface area contributed by atoms with Crippen LogP contribution in [-0.4, -0.2) is 40.4 Å². The van der Waals surface area contributed by atoms with E-state index in [0.717, 1.165) is 50.3 Å². The van der Waals surface area contributed by atoms with Gasteiger partial charge in [-0.2, -0.15) is 0 Å². The molecule has 0 atom stereocenters. The number of halogens is 1. The van der Waals surface area contributed by atoms with Gasteiger partial charge in [0.15, 0.2) is 5.15 Å². The second-order valence-corrected chi connectivity index (χ2v) is 7.86. The summed E-state index contributed by atoms with van der Waals surface area (Å²) in [4.78, 5) is 22.8. The number of carbonyl (C=O) groups is 1. The lowest BCUT2D eigenvalue weighted by molar-refractivity contribution is -0.142. The second kappa shape index (κ2) is 8.89. The summed E-state index contributed by atoms with van der Waals surface area (Å²) in [7, 11) is 0. The molecule has 5 nitrogen and oxygen atoms in total. The highest BCUT2D eigenvalue weighted by Crippen LogP contribution is 2.36. The van der Waals surface area contributed by atoms with E-state index >= 15 is 0 Å². The Morgan fingerprint density at radius 1 is 1.30 bits per heavy atom. The van der Waals surface area contributed by atoms with Crippen LogP contribution in [0.4, 0.5) is 0 Å². The number of benzene rings is 1. The van der Waals surface area contributed by atoms with E-state index in [1.807, 2.05) is 25.1 Å². The molecule has 1 aromatic heterocycles. The Morgan fingerprint density at radius 2 is 2.04 bits per heavy atom. The van der Waals surface area contributed by atoms with Crippen molar-refractivity contribution in [2.75, 3.05) is 19.6 Å². The van der Waals surface area contributed by atoms with Gasteiger partial charge in [-0.3, -0.25) is 9.69 Å². The quantitative estimate of drug-likeness (QED) is 0.690. The molecule has 0 bridgehead atoms. The van der Waals surface area contributed by atoms with Crippen LogP contribution < -0.4 is 5.32 Å². The molecule has 2 N–H and O–H groups in total. The number of unbranched alkanes of at least 4 members (excludes halogenated alkanes) is 1. The van der Waals surface area contributed by atoms with E-state index in [9.17, 15) is 4.79 Å². The van der Waals surface area contributed by atoms with Gasteiger partial charge >= 0.3 is 0 Å². The van der Waals surface area contributed by atoms with Crippen LogP contribution in [0.2, 0.25) is 5.15 Å². The lowest BCUT2D eigenvalue weighted by Crippen LogP contribution is -2.63. The minimum Gasteiger partial charge on any atom is -0.356 e. The average molecular weight is 389 g/mol. The zero-order valence-corrected chi connectivity index (χ0v) is 17.0. The first-order valence-corrected chi connectivity index (χ1v) is 10.2. The number of aromatic amines is 1. The third-order valence-electron chi connectivity index (χ3n) is 5.18. The number of aromatic nitrogens is 2. The molecule has 2 aromatic rings. The van der Waals surface area contributed by atoms with Gasteiger partial charge in [0.2, 0.25) is 5.91 Å². The molecule has 0 aliphatic carbocycles. The molecule has 1 aromatic carbocycles. The maximum absolute atomic E-state index is 12.8. The zero-order valence-electron chi connectivity index (χ0n) is 16.2. The Morgan fingerprint density at radius 3 is 2.70 bits per heavy atom. The Hall–Kier alpha value is -1.85. The normalized spacial score (nSPS) is 16.1. The standard InChI is InChI=1S/C21H29ClN4O/c1-3-5-11-18-24-17(19(22)25-18)13-26-14-21(15-26,20(27)23-4-2)12-16-9-7-6-8-10-16/h6-10H,3-5,11-15H2,1-2H3,(H,23,27)(H,24,25). The lowest BCUT2D eigenvalue weighted by Gasteiger charge is -2.49. The molecular formula is C21H29ClN4O. The van der Waals surface area contributed by atoms with Gasteiger partial charge in [0, 0.05) is 32.6 Å². The van der Waals surface area contributed by atoms with Gasteiger partial charge in [0.1, 0.15) is 5.82 Å². The van der Waals surface area contributed by atoms with Gasteiger partial charge < -0.3 is 10.3 Å². The fourth-order valence-electron chi connectivity index (χ4n) is 3.82. The number of nitrogens with one attached hydrogen (secondary N) is 2. The molecule has 0 spiro atoms. The predicted octanol–water partition coefficient (Wildman–Crippen LogP) is 3.59. The molecule has 1 saturated heterocycles. The summed E-state index contributed by atoms with van der Waals surface area (Å²) in [6.07, 6.45) is 3.92. The highest BCUT2D eigenvalue weighted by Gasteiger charge is 2.48. The summed E-state index contributed by atoms with van der Waals surface area (Å²) >= 11 is 6.31. The third-order valence-corrected chi connectivity index (χ3v) is 5.50. The molecule has 3 rings (SSSR count). The van der Waals surface area contributed by atoms with Crippen LogP contribution in [0.25, 0.3) is 0 Å². The minimum atomic E-state index is -0.366. The van der Waals surface area contributed by atoms with Crippen LogP contribution in [-0.2, 0) is 24.2 Å². The second-order valence-electron chi connectivity index (χ2n) is 7.50. The Balaban J connectivity index is 1.65. The van der Waals surface area contributed by atoms with E-state index in [0.29, 0.717) is 18.2 Å². The number of hydrogen-bond acceptors (Lipinski definition) is 3. The average Bonchev–Trinajstić information content (AvgIpc) is 2.98. The third kappa shape index (κ3) is 4.71. The molecule has 0 saturated carbocycles. The SMILES string of the molecule is CCCCc1nc(Cl)c(CN2CC(Cc3ccccc3)(C(=O)NCC)C2)[nH]1. The molecule has 1 fully saturated rings. The largest absolute Gasteiger partial charge is 0.356 e. The summed E-state index contributed by atoms with van der Waals surface area (Å²) in [5.41, 5.74) is 1.78. The summed E-state index contributed by atoms with van der Waals surface area (Å²) in [6.45, 7) is 6.95. The van der Waals surface area contributed by atoms with Crippen molar-refractivity contribution in [3.63, 3.8) is 0 Å². The molecule has 6 heteroatoms. The van der Waals surface area contributed by atoms with Crippen molar-refractivity contribution in [3.8, 4) is 0 Å². The Labute approximate surface area is 166 Å². The maximum Gasteiger partial charge on any atom is 0.229 e. The maximum atomic E-state index is 12.8. The molecule has 27 heavy (non-hydrogen) atoms. The minimum absolute atomic E-state index is 0.143. The smallest absolute Gasteiger partial charge is 0.229 e. The fraction of sp³-hybridized carbons (Fsp3) is 0.524. The summed E-state index contributed by atoms with van der Waals surface area (Å²) in [5, 5.41) is 3.58. The molecule has 2 heterocycles. The zero-order chi connectivity index (χ0) is 19.3. The number of hydrogen-bond donors (Lipinski definition) is 2. The number of carbonyl (C=O) groups excluding carboxylic acids is 1. The molecule has 0 unspecified atom stereocenters. The van der Waals surface area contributed by atoms with Crippen LogP contribution in [0, 0.1) is 5.41 Å². The monoisotopic (exact) mass is 388 g/mol. The highest BCUT2D eigenvalue weighted by atomic mass is 35.5. The molecule has 1 aliphatic rings. The van der Waals surface area contributed by atoms with Crippen LogP contribution >= 0.6 is 11.6 Å². The summed E-state index contributed by atoms with van der Waals surface area (Å²) in [6, 6.07) is 10.2. The number of H-pyrrole nitrogens is 1. The molecule has 0 radical (unpaired) electrons. The van der Waals surface area contributed by atoms with Crippen LogP contribution in [0.5, 0.6) is 0 Å². The van der Waals surface area contributed by atoms with Crippen molar-refractivity contribution < 1.29 is 4.79 Å². The van der Waals surface area contributed by atoms with E-state index in [1.54, 1.807) is 0 Å². The van der Waals surface area contributed by atoms with Crippen LogP contribution in [0.1, 0.15) is 43.8 Å². The number of amides is 1. The van der Waals surface area contributed by atoms with E-state index in [2.05, 4.69) is 39.2 Å². The number of imidazole rings is 1. The fourth-order valence-corrected chi connectivity index (χ4v) is 4.03. The van der Waals surface area contributed by atoms with Crippen molar-refractivity contribution in [1.82, 2.24) is 20.2 Å². The molecule has 1 amide bonds. The van der Waals surface area contributed by atoms with E-state index in [1.165, 1.54) is 5.56 Å². The van der Waals surface area contributed by atoms with Gasteiger partial charge in [-0.1, -0.05) is 55.3 Å². The molecule has 1 aliphatic heterocycles. The van der Waals surface area contributed by atoms with E-state index < -0.39 is 0 Å². The summed E-state index contributed by atoms with van der Waals surface area (Å²) in [5.74, 6) is 1.10. The highest BCUT2D eigenvalue weighted by molar-refractivity contribution is 6.30. The lowest BCUT2D eigenvalue weighted by atomic mass is 9.73. The van der Waals surface area contributed by atoms with Crippen molar-refractivity contribution in [3.05, 3.63) is 52.6 Å². The Kier molecular flexibility index (Phi) is 6.55. The Bertz CT molecular complexity index is 753. The number of rotatable bonds is 9. The first-order valence-electron chi connectivity index (χ1n) is 9.84. The van der Waals surface area contributed by atoms with Gasteiger partial charge in [0.05, 0.1) is 11.1 Å². The van der Waals surface area contributed by atoms with Gasteiger partial charge in [-0.25, -0.2) is 4.98 Å². The van der Waals surface area contributed by atoms with E-state index in [-0.39, 0.29) is 11.3 Å². The first-order chi connectivity index (χ1) is 13.1. The van der Waals surface area contributed by atoms with Crippen molar-refractivity contribution in [2.24, 2.45) is 5.41 Å². The van der Waals surface area contributed by atoms with Crippen LogP contribution in [0.3, 0.4) is 0 Å². The van der Waals surface area contributed by atoms with Crippen molar-refractivity contribution in [1.29, 1.82) is 0 Å². The number of likely N-dealkylation sites (tertiary alicyclic amines) is 1. The van der Waals surface area contributed by atoms with Gasteiger partial charge in [0.25, 0.3) is 0 Å². The van der Waals surface area contributed by atoms with Gasteiger partial charge in [-0.15, -0.1) is 0 Å². The first kappa shape index (κ1) is 19.9. The van der Waals surface area contributed by atoms with E-state index in [4.69, 9.17) is 11.6 Å². The van der Waals surface area contributed by atoms with Gasteiger partial charge in [-0.05, 0) is 25.3 Å². The van der Waals surface area contributed by atoms with Crippen molar-refractivity contribution >= 4 is 17.5 Å². The molecule has 146 valence electrons. The van der Waals surface area contributed by atoms with Crippen molar-refractivity contribution in [2.45, 2.75) is 46.1 Å². The number of aryl methyl sites for hydroxylation is 1.